The summed E-state index contributed by atoms with van der Waals surface area (Å²) in [5.41, 5.74) is 2.01. The highest BCUT2D eigenvalue weighted by Crippen LogP contribution is 2.33. The molecule has 0 saturated carbocycles. The molecule has 25 heavy (non-hydrogen) atoms. The highest BCUT2D eigenvalue weighted by molar-refractivity contribution is 5.57. The van der Waals surface area contributed by atoms with Crippen LogP contribution < -0.4 is 0 Å². The molecule has 2 aromatic rings. The predicted molar refractivity (Wildman–Crippen MR) is 91.6 cm³/mol. The van der Waals surface area contributed by atoms with Gasteiger partial charge in [0.15, 0.2) is 12.1 Å². The third-order valence-electron chi connectivity index (χ3n) is 4.12. The van der Waals surface area contributed by atoms with Crippen molar-refractivity contribution in [2.45, 2.75) is 37.6 Å². The van der Waals surface area contributed by atoms with E-state index >= 15 is 0 Å². The summed E-state index contributed by atoms with van der Waals surface area (Å²) in [6.45, 7) is 0.786. The Bertz CT molecular complexity index is 652. The van der Waals surface area contributed by atoms with E-state index in [1.54, 1.807) is 0 Å². The SMILES string of the molecule is O=CC(OCc1ccccc1)[C@@H]1C[C@@](O)(COCc2ccccc2)O1. The molecule has 1 aliphatic heterocycles. The predicted octanol–water partition coefficient (Wildman–Crippen LogP) is 2.47. The smallest absolute Gasteiger partial charge is 0.192 e. The molecule has 1 fully saturated rings. The van der Waals surface area contributed by atoms with Crippen molar-refractivity contribution in [3.8, 4) is 0 Å². The van der Waals surface area contributed by atoms with Gasteiger partial charge in [0, 0.05) is 6.42 Å². The Morgan fingerprint density at radius 1 is 1.08 bits per heavy atom. The number of aldehydes is 1. The third kappa shape index (κ3) is 4.96. The molecular weight excluding hydrogens is 320 g/mol. The Labute approximate surface area is 147 Å². The van der Waals surface area contributed by atoms with E-state index in [0.29, 0.717) is 19.6 Å². The lowest BCUT2D eigenvalue weighted by atomic mass is 9.97. The second-order valence-electron chi connectivity index (χ2n) is 6.18. The maximum absolute atomic E-state index is 11.3. The van der Waals surface area contributed by atoms with Crippen molar-refractivity contribution < 1.29 is 24.1 Å². The number of carbonyl (C=O) groups excluding carboxylic acids is 1. The van der Waals surface area contributed by atoms with Crippen LogP contribution in [0.3, 0.4) is 0 Å². The summed E-state index contributed by atoms with van der Waals surface area (Å²) in [7, 11) is 0. The van der Waals surface area contributed by atoms with Gasteiger partial charge < -0.3 is 24.1 Å². The molecule has 0 aliphatic carbocycles. The van der Waals surface area contributed by atoms with Gasteiger partial charge in [-0.1, -0.05) is 60.7 Å². The van der Waals surface area contributed by atoms with Gasteiger partial charge in [-0.15, -0.1) is 0 Å². The van der Waals surface area contributed by atoms with E-state index in [-0.39, 0.29) is 6.61 Å². The zero-order valence-electron chi connectivity index (χ0n) is 13.9. The van der Waals surface area contributed by atoms with Gasteiger partial charge in [0.05, 0.1) is 19.3 Å². The van der Waals surface area contributed by atoms with Gasteiger partial charge in [0.25, 0.3) is 0 Å². The minimum atomic E-state index is -1.35. The van der Waals surface area contributed by atoms with E-state index in [2.05, 4.69) is 0 Å². The fourth-order valence-electron chi connectivity index (χ4n) is 2.77. The minimum Gasteiger partial charge on any atom is -0.371 e. The van der Waals surface area contributed by atoms with Crippen LogP contribution in [0.1, 0.15) is 17.5 Å². The summed E-state index contributed by atoms with van der Waals surface area (Å²) in [6.07, 6.45) is -0.126. The summed E-state index contributed by atoms with van der Waals surface area (Å²) >= 11 is 0. The van der Waals surface area contributed by atoms with Crippen LogP contribution in [-0.2, 0) is 32.2 Å². The molecule has 0 radical (unpaired) electrons. The van der Waals surface area contributed by atoms with E-state index in [9.17, 15) is 9.90 Å². The number of benzene rings is 2. The molecule has 1 unspecified atom stereocenters. The van der Waals surface area contributed by atoms with Crippen molar-refractivity contribution in [2.75, 3.05) is 6.61 Å². The normalized spacial score (nSPS) is 23.6. The lowest BCUT2D eigenvalue weighted by Gasteiger charge is -2.45. The Morgan fingerprint density at radius 2 is 1.64 bits per heavy atom. The standard InChI is InChI=1S/C20H22O5/c21-12-19(24-14-17-9-5-2-6-10-17)18-11-20(22,25-18)15-23-13-16-7-3-1-4-8-16/h1-10,12,18-19,22H,11,13-15H2/t18-,19?,20-/m0/s1. The molecule has 3 atom stereocenters. The van der Waals surface area contributed by atoms with Crippen molar-refractivity contribution in [1.82, 2.24) is 0 Å². The Kier molecular flexibility index (Phi) is 5.94. The van der Waals surface area contributed by atoms with Crippen LogP contribution in [-0.4, -0.2) is 36.0 Å². The monoisotopic (exact) mass is 342 g/mol. The molecule has 1 aliphatic rings. The van der Waals surface area contributed by atoms with Crippen molar-refractivity contribution >= 4 is 6.29 Å². The van der Waals surface area contributed by atoms with E-state index < -0.39 is 18.0 Å². The van der Waals surface area contributed by atoms with Gasteiger partial charge in [-0.05, 0) is 11.1 Å². The van der Waals surface area contributed by atoms with Crippen molar-refractivity contribution in [3.63, 3.8) is 0 Å². The maximum Gasteiger partial charge on any atom is 0.192 e. The summed E-state index contributed by atoms with van der Waals surface area (Å²) in [4.78, 5) is 11.3. The number of ether oxygens (including phenoxy) is 3. The van der Waals surface area contributed by atoms with Gasteiger partial charge in [-0.3, -0.25) is 0 Å². The van der Waals surface area contributed by atoms with Gasteiger partial charge in [0.2, 0.25) is 0 Å². The quantitative estimate of drug-likeness (QED) is 0.709. The molecule has 5 heteroatoms. The topological polar surface area (TPSA) is 65.0 Å². The zero-order chi connectivity index (χ0) is 17.5. The first-order valence-corrected chi connectivity index (χ1v) is 8.31. The molecule has 1 N–H and O–H groups in total. The summed E-state index contributed by atoms with van der Waals surface area (Å²) in [5, 5.41) is 10.3. The number of carbonyl (C=O) groups is 1. The second kappa shape index (κ2) is 8.36. The highest BCUT2D eigenvalue weighted by Gasteiger charge is 2.48. The molecular formula is C20H22O5. The molecule has 0 bridgehead atoms. The first-order valence-electron chi connectivity index (χ1n) is 8.31. The average Bonchev–Trinajstić information content (AvgIpc) is 2.62. The van der Waals surface area contributed by atoms with Crippen LogP contribution in [0.4, 0.5) is 0 Å². The zero-order valence-corrected chi connectivity index (χ0v) is 13.9. The molecule has 1 saturated heterocycles. The first kappa shape index (κ1) is 17.8. The fourth-order valence-corrected chi connectivity index (χ4v) is 2.77. The van der Waals surface area contributed by atoms with E-state index in [1.165, 1.54) is 0 Å². The average molecular weight is 342 g/mol. The number of hydrogen-bond acceptors (Lipinski definition) is 5. The summed E-state index contributed by atoms with van der Waals surface area (Å²) in [6, 6.07) is 19.3. The molecule has 0 spiro atoms. The van der Waals surface area contributed by atoms with Gasteiger partial charge in [-0.25, -0.2) is 0 Å². The number of hydrogen-bond donors (Lipinski definition) is 1. The second-order valence-corrected chi connectivity index (χ2v) is 6.18. The molecule has 0 amide bonds. The third-order valence-corrected chi connectivity index (χ3v) is 4.12. The van der Waals surface area contributed by atoms with Crippen LogP contribution in [0, 0.1) is 0 Å². The summed E-state index contributed by atoms with van der Waals surface area (Å²) in [5.74, 6) is -1.35. The molecule has 132 valence electrons. The highest BCUT2D eigenvalue weighted by atomic mass is 16.7. The number of aliphatic hydroxyl groups is 1. The van der Waals surface area contributed by atoms with E-state index in [1.807, 2.05) is 60.7 Å². The van der Waals surface area contributed by atoms with Crippen LogP contribution in [0.25, 0.3) is 0 Å². The van der Waals surface area contributed by atoms with Gasteiger partial charge in [-0.2, -0.15) is 0 Å². The fraction of sp³-hybridized carbons (Fsp3) is 0.350. The largest absolute Gasteiger partial charge is 0.371 e. The van der Waals surface area contributed by atoms with Crippen LogP contribution in [0.5, 0.6) is 0 Å². The Balaban J connectivity index is 1.40. The summed E-state index contributed by atoms with van der Waals surface area (Å²) < 4.78 is 16.6. The van der Waals surface area contributed by atoms with Crippen molar-refractivity contribution in [1.29, 1.82) is 0 Å². The molecule has 1 heterocycles. The van der Waals surface area contributed by atoms with Gasteiger partial charge in [0.1, 0.15) is 12.7 Å². The number of rotatable bonds is 9. The van der Waals surface area contributed by atoms with Crippen molar-refractivity contribution in [3.05, 3.63) is 71.8 Å². The van der Waals surface area contributed by atoms with Gasteiger partial charge >= 0.3 is 0 Å². The van der Waals surface area contributed by atoms with E-state index in [4.69, 9.17) is 14.2 Å². The van der Waals surface area contributed by atoms with Crippen LogP contribution in [0.2, 0.25) is 0 Å². The minimum absolute atomic E-state index is 0.0582. The Hall–Kier alpha value is -2.05. The van der Waals surface area contributed by atoms with E-state index in [0.717, 1.165) is 17.4 Å². The molecule has 3 rings (SSSR count). The molecule has 2 aromatic carbocycles. The molecule has 5 nitrogen and oxygen atoms in total. The van der Waals surface area contributed by atoms with Crippen LogP contribution in [0.15, 0.2) is 60.7 Å². The lowest BCUT2D eigenvalue weighted by molar-refractivity contribution is -0.352. The maximum atomic E-state index is 11.3. The lowest BCUT2D eigenvalue weighted by Crippen LogP contribution is -2.58. The Morgan fingerprint density at radius 3 is 2.20 bits per heavy atom. The van der Waals surface area contributed by atoms with Crippen molar-refractivity contribution in [2.24, 2.45) is 0 Å². The molecule has 0 aromatic heterocycles. The first-order chi connectivity index (χ1) is 12.2. The van der Waals surface area contributed by atoms with Crippen LogP contribution >= 0.6 is 0 Å².